The van der Waals surface area contributed by atoms with Gasteiger partial charge < -0.3 is 10.7 Å². The molecule has 0 unspecified atom stereocenters. The highest BCUT2D eigenvalue weighted by Gasteiger charge is 2.12. The number of carbonyl (C=O) groups is 1. The van der Waals surface area contributed by atoms with Crippen LogP contribution in [0.3, 0.4) is 0 Å². The Bertz CT molecular complexity index is 818. The summed E-state index contributed by atoms with van der Waals surface area (Å²) in [5.41, 5.74) is 5.90. The number of pyridine rings is 1. The number of fused-ring (bicyclic) bond motifs is 1. The van der Waals surface area contributed by atoms with Gasteiger partial charge in [-0.05, 0) is 18.2 Å². The Morgan fingerprint density at radius 2 is 2.00 bits per heavy atom. The number of hydrogen-bond acceptors (Lipinski definition) is 3. The summed E-state index contributed by atoms with van der Waals surface area (Å²) in [6, 6.07) is 10.8. The molecule has 6 nitrogen and oxygen atoms in total. The summed E-state index contributed by atoms with van der Waals surface area (Å²) < 4.78 is 1.60. The zero-order chi connectivity index (χ0) is 13.4. The Morgan fingerprint density at radius 3 is 2.68 bits per heavy atom. The second kappa shape index (κ2) is 4.09. The quantitative estimate of drug-likeness (QED) is 0.708. The number of hydrogen-bond donors (Lipinski definition) is 2. The molecule has 0 atom stereocenters. The SMILES string of the molecule is NC(=O)c1cc2cnn(-c3ccccc3)c2[nH]c1=O. The van der Waals surface area contributed by atoms with E-state index >= 15 is 0 Å². The van der Waals surface area contributed by atoms with E-state index in [4.69, 9.17) is 5.73 Å². The molecule has 1 amide bonds. The number of aromatic nitrogens is 3. The van der Waals surface area contributed by atoms with Gasteiger partial charge in [0, 0.05) is 5.39 Å². The highest BCUT2D eigenvalue weighted by Crippen LogP contribution is 2.15. The minimum atomic E-state index is -0.754. The van der Waals surface area contributed by atoms with Crippen LogP contribution in [0.4, 0.5) is 0 Å². The largest absolute Gasteiger partial charge is 0.365 e. The summed E-state index contributed by atoms with van der Waals surface area (Å²) in [5, 5.41) is 4.85. The van der Waals surface area contributed by atoms with Crippen molar-refractivity contribution in [3.05, 3.63) is 58.5 Å². The van der Waals surface area contributed by atoms with E-state index in [1.165, 1.54) is 6.07 Å². The van der Waals surface area contributed by atoms with Crippen molar-refractivity contribution >= 4 is 16.9 Å². The third-order valence-electron chi connectivity index (χ3n) is 2.84. The lowest BCUT2D eigenvalue weighted by Crippen LogP contribution is -2.23. The van der Waals surface area contributed by atoms with E-state index in [1.54, 1.807) is 10.9 Å². The fourth-order valence-electron chi connectivity index (χ4n) is 1.94. The first-order chi connectivity index (χ1) is 9.16. The number of nitrogens with two attached hydrogens (primary N) is 1. The Labute approximate surface area is 107 Å². The van der Waals surface area contributed by atoms with Crippen LogP contribution in [0, 0.1) is 0 Å². The molecule has 0 radical (unpaired) electrons. The van der Waals surface area contributed by atoms with Gasteiger partial charge in [0.25, 0.3) is 11.5 Å². The first-order valence-corrected chi connectivity index (χ1v) is 5.63. The zero-order valence-electron chi connectivity index (χ0n) is 9.83. The van der Waals surface area contributed by atoms with Gasteiger partial charge in [-0.3, -0.25) is 9.59 Å². The number of nitrogens with one attached hydrogen (secondary N) is 1. The van der Waals surface area contributed by atoms with Gasteiger partial charge in [-0.25, -0.2) is 4.68 Å². The van der Waals surface area contributed by atoms with Gasteiger partial charge in [-0.2, -0.15) is 5.10 Å². The van der Waals surface area contributed by atoms with Crippen LogP contribution in [0.15, 0.2) is 47.4 Å². The summed E-state index contributed by atoms with van der Waals surface area (Å²) in [6.07, 6.45) is 1.57. The van der Waals surface area contributed by atoms with E-state index in [9.17, 15) is 9.59 Å². The summed E-state index contributed by atoms with van der Waals surface area (Å²) >= 11 is 0. The van der Waals surface area contributed by atoms with Crippen molar-refractivity contribution in [3.8, 4) is 5.69 Å². The smallest absolute Gasteiger partial charge is 0.262 e. The van der Waals surface area contributed by atoms with Crippen molar-refractivity contribution in [2.75, 3.05) is 0 Å². The van der Waals surface area contributed by atoms with Crippen LogP contribution in [0.2, 0.25) is 0 Å². The van der Waals surface area contributed by atoms with Gasteiger partial charge in [0.2, 0.25) is 0 Å². The number of para-hydroxylation sites is 1. The van der Waals surface area contributed by atoms with E-state index in [0.717, 1.165) is 5.69 Å². The number of benzene rings is 1. The number of primary amides is 1. The monoisotopic (exact) mass is 254 g/mol. The lowest BCUT2D eigenvalue weighted by Gasteiger charge is -2.02. The molecule has 0 saturated heterocycles. The Morgan fingerprint density at radius 1 is 1.26 bits per heavy atom. The normalized spacial score (nSPS) is 10.7. The lowest BCUT2D eigenvalue weighted by atomic mass is 10.2. The van der Waals surface area contributed by atoms with Crippen LogP contribution in [-0.2, 0) is 0 Å². The number of nitrogens with zero attached hydrogens (tertiary/aromatic N) is 2. The Balaban J connectivity index is 2.28. The van der Waals surface area contributed by atoms with Gasteiger partial charge in [0.15, 0.2) is 0 Å². The van der Waals surface area contributed by atoms with Crippen molar-refractivity contribution in [1.82, 2.24) is 14.8 Å². The molecule has 0 saturated carbocycles. The average molecular weight is 254 g/mol. The van der Waals surface area contributed by atoms with Crippen molar-refractivity contribution in [3.63, 3.8) is 0 Å². The molecular formula is C13H10N4O2. The number of carbonyl (C=O) groups excluding carboxylic acids is 1. The highest BCUT2D eigenvalue weighted by molar-refractivity contribution is 5.95. The Hall–Kier alpha value is -2.89. The minimum Gasteiger partial charge on any atom is -0.365 e. The van der Waals surface area contributed by atoms with E-state index in [1.807, 2.05) is 30.3 Å². The molecule has 3 N–H and O–H groups in total. The number of rotatable bonds is 2. The molecule has 0 aliphatic rings. The van der Waals surface area contributed by atoms with Gasteiger partial charge in [0.1, 0.15) is 11.2 Å². The molecule has 3 aromatic rings. The molecule has 0 aliphatic heterocycles. The predicted octanol–water partition coefficient (Wildman–Crippen LogP) is 0.813. The molecular weight excluding hydrogens is 244 g/mol. The fraction of sp³-hybridized carbons (Fsp3) is 0. The van der Waals surface area contributed by atoms with Gasteiger partial charge in [-0.15, -0.1) is 0 Å². The summed E-state index contributed by atoms with van der Waals surface area (Å²) in [6.45, 7) is 0. The molecule has 3 rings (SSSR count). The van der Waals surface area contributed by atoms with Crippen LogP contribution in [-0.4, -0.2) is 20.7 Å². The van der Waals surface area contributed by atoms with E-state index in [0.29, 0.717) is 11.0 Å². The average Bonchev–Trinajstić information content (AvgIpc) is 2.81. The minimum absolute atomic E-state index is 0.0693. The molecule has 0 bridgehead atoms. The molecule has 19 heavy (non-hydrogen) atoms. The molecule has 0 aliphatic carbocycles. The molecule has 94 valence electrons. The lowest BCUT2D eigenvalue weighted by molar-refractivity contribution is 0.0999. The molecule has 1 aromatic carbocycles. The fourth-order valence-corrected chi connectivity index (χ4v) is 1.94. The van der Waals surface area contributed by atoms with Gasteiger partial charge >= 0.3 is 0 Å². The van der Waals surface area contributed by atoms with E-state index in [2.05, 4.69) is 10.1 Å². The second-order valence-electron chi connectivity index (χ2n) is 4.07. The van der Waals surface area contributed by atoms with Crippen molar-refractivity contribution in [1.29, 1.82) is 0 Å². The number of aromatic amines is 1. The predicted molar refractivity (Wildman–Crippen MR) is 70.2 cm³/mol. The number of H-pyrrole nitrogens is 1. The maximum Gasteiger partial charge on any atom is 0.262 e. The van der Waals surface area contributed by atoms with Crippen molar-refractivity contribution in [2.45, 2.75) is 0 Å². The maximum absolute atomic E-state index is 11.8. The van der Waals surface area contributed by atoms with Gasteiger partial charge in [-0.1, -0.05) is 18.2 Å². The molecule has 0 spiro atoms. The first-order valence-electron chi connectivity index (χ1n) is 5.63. The third kappa shape index (κ3) is 1.79. The zero-order valence-corrected chi connectivity index (χ0v) is 9.83. The van der Waals surface area contributed by atoms with E-state index in [-0.39, 0.29) is 5.56 Å². The summed E-state index contributed by atoms with van der Waals surface area (Å²) in [5.74, 6) is -0.754. The molecule has 2 heterocycles. The van der Waals surface area contributed by atoms with Crippen molar-refractivity contribution in [2.24, 2.45) is 5.73 Å². The maximum atomic E-state index is 11.8. The standard InChI is InChI=1S/C13H10N4O2/c14-11(18)10-6-8-7-15-17(12(8)16-13(10)19)9-4-2-1-3-5-9/h1-7H,(H2,14,18)(H,16,19). The molecule has 6 heteroatoms. The Kier molecular flexibility index (Phi) is 2.42. The van der Waals surface area contributed by atoms with Crippen LogP contribution in [0.1, 0.15) is 10.4 Å². The van der Waals surface area contributed by atoms with Crippen LogP contribution in [0.25, 0.3) is 16.7 Å². The molecule has 2 aromatic heterocycles. The van der Waals surface area contributed by atoms with Crippen LogP contribution < -0.4 is 11.3 Å². The first kappa shape index (κ1) is 11.2. The second-order valence-corrected chi connectivity index (χ2v) is 4.07. The third-order valence-corrected chi connectivity index (χ3v) is 2.84. The van der Waals surface area contributed by atoms with E-state index < -0.39 is 11.5 Å². The summed E-state index contributed by atoms with van der Waals surface area (Å²) in [4.78, 5) is 25.5. The molecule has 0 fully saturated rings. The highest BCUT2D eigenvalue weighted by atomic mass is 16.2. The van der Waals surface area contributed by atoms with Crippen LogP contribution >= 0.6 is 0 Å². The van der Waals surface area contributed by atoms with Crippen molar-refractivity contribution < 1.29 is 4.79 Å². The topological polar surface area (TPSA) is 93.8 Å². The number of amides is 1. The summed E-state index contributed by atoms with van der Waals surface area (Å²) in [7, 11) is 0. The van der Waals surface area contributed by atoms with Crippen LogP contribution in [0.5, 0.6) is 0 Å². The van der Waals surface area contributed by atoms with Gasteiger partial charge in [0.05, 0.1) is 11.9 Å².